The zero-order chi connectivity index (χ0) is 6.69. The second-order valence-corrected chi connectivity index (χ2v) is 1.43. The fourth-order valence-corrected chi connectivity index (χ4v) is 0.440. The number of aromatic nitrogens is 2. The summed E-state index contributed by atoms with van der Waals surface area (Å²) < 4.78 is 0. The lowest BCUT2D eigenvalue weighted by Crippen LogP contribution is -2.17. The van der Waals surface area contributed by atoms with E-state index in [0.29, 0.717) is 5.56 Å². The standard InChI is InChI=1S/C4H5N3O2/c8-4(7-9)3-1-5-6-2-3/h1-2,9H,(H,5,6)(H,7,8). The van der Waals surface area contributed by atoms with Gasteiger partial charge >= 0.3 is 0 Å². The van der Waals surface area contributed by atoms with E-state index < -0.39 is 5.91 Å². The van der Waals surface area contributed by atoms with Gasteiger partial charge in [0.05, 0.1) is 11.8 Å². The molecule has 5 nitrogen and oxygen atoms in total. The largest absolute Gasteiger partial charge is 0.288 e. The zero-order valence-electron chi connectivity index (χ0n) is 4.46. The Kier molecular flexibility index (Phi) is 1.46. The third-order valence-electron chi connectivity index (χ3n) is 0.862. The number of nitrogens with one attached hydrogen (secondary N) is 2. The number of rotatable bonds is 1. The van der Waals surface area contributed by atoms with Crippen LogP contribution < -0.4 is 5.48 Å². The Hall–Kier alpha value is -1.36. The van der Waals surface area contributed by atoms with Crippen molar-refractivity contribution < 1.29 is 10.0 Å². The zero-order valence-corrected chi connectivity index (χ0v) is 4.46. The second-order valence-electron chi connectivity index (χ2n) is 1.43. The van der Waals surface area contributed by atoms with Crippen LogP contribution in [0.25, 0.3) is 0 Å². The number of aromatic amines is 1. The lowest BCUT2D eigenvalue weighted by Gasteiger charge is -1.88. The van der Waals surface area contributed by atoms with E-state index in [2.05, 4.69) is 10.2 Å². The Morgan fingerprint density at radius 2 is 2.67 bits per heavy atom. The molecule has 48 valence electrons. The molecule has 0 fully saturated rings. The van der Waals surface area contributed by atoms with Gasteiger partial charge in [-0.05, 0) is 0 Å². The van der Waals surface area contributed by atoms with Crippen molar-refractivity contribution in [1.29, 1.82) is 0 Å². The van der Waals surface area contributed by atoms with E-state index >= 15 is 0 Å². The van der Waals surface area contributed by atoms with E-state index in [9.17, 15) is 4.79 Å². The Morgan fingerprint density at radius 3 is 3.11 bits per heavy atom. The summed E-state index contributed by atoms with van der Waals surface area (Å²) in [5, 5.41) is 14.0. The normalized spacial score (nSPS) is 9.00. The minimum atomic E-state index is -0.566. The van der Waals surface area contributed by atoms with Crippen molar-refractivity contribution in [2.75, 3.05) is 0 Å². The molecule has 0 aliphatic heterocycles. The lowest BCUT2D eigenvalue weighted by atomic mass is 10.4. The number of hydroxylamine groups is 1. The first-order valence-corrected chi connectivity index (χ1v) is 2.28. The average molecular weight is 127 g/mol. The average Bonchev–Trinajstić information content (AvgIpc) is 2.37. The summed E-state index contributed by atoms with van der Waals surface area (Å²) in [6.45, 7) is 0. The molecular weight excluding hydrogens is 122 g/mol. The highest BCUT2D eigenvalue weighted by molar-refractivity contribution is 5.92. The summed E-state index contributed by atoms with van der Waals surface area (Å²) >= 11 is 0. The van der Waals surface area contributed by atoms with E-state index in [1.807, 2.05) is 0 Å². The number of hydrogen-bond donors (Lipinski definition) is 3. The fraction of sp³-hybridized carbons (Fsp3) is 0. The van der Waals surface area contributed by atoms with Crippen LogP contribution in [0, 0.1) is 0 Å². The van der Waals surface area contributed by atoms with Crippen LogP contribution >= 0.6 is 0 Å². The Morgan fingerprint density at radius 1 is 1.89 bits per heavy atom. The molecule has 1 heterocycles. The van der Waals surface area contributed by atoms with Crippen molar-refractivity contribution in [3.63, 3.8) is 0 Å². The first kappa shape index (κ1) is 5.77. The van der Waals surface area contributed by atoms with Crippen LogP contribution in [0.4, 0.5) is 0 Å². The molecule has 0 unspecified atom stereocenters. The summed E-state index contributed by atoms with van der Waals surface area (Å²) in [4.78, 5) is 10.5. The predicted octanol–water partition coefficient (Wildman–Crippen LogP) is -0.471. The number of carbonyl (C=O) groups excluding carboxylic acids is 1. The van der Waals surface area contributed by atoms with Crippen LogP contribution in [-0.4, -0.2) is 21.3 Å². The van der Waals surface area contributed by atoms with E-state index in [4.69, 9.17) is 5.21 Å². The third kappa shape index (κ3) is 1.06. The molecule has 0 aliphatic rings. The van der Waals surface area contributed by atoms with Gasteiger partial charge in [-0.25, -0.2) is 5.48 Å². The van der Waals surface area contributed by atoms with Gasteiger partial charge in [0.15, 0.2) is 0 Å². The van der Waals surface area contributed by atoms with Gasteiger partial charge in [-0.1, -0.05) is 0 Å². The fourth-order valence-electron chi connectivity index (χ4n) is 0.440. The molecule has 3 N–H and O–H groups in total. The number of carbonyl (C=O) groups is 1. The van der Waals surface area contributed by atoms with Crippen LogP contribution in [0.1, 0.15) is 10.4 Å². The molecule has 0 saturated carbocycles. The van der Waals surface area contributed by atoms with Crippen molar-refractivity contribution in [2.45, 2.75) is 0 Å². The molecule has 1 amide bonds. The molecule has 1 rings (SSSR count). The highest BCUT2D eigenvalue weighted by Crippen LogP contribution is 1.90. The van der Waals surface area contributed by atoms with E-state index in [-0.39, 0.29) is 0 Å². The lowest BCUT2D eigenvalue weighted by molar-refractivity contribution is 0.0706. The van der Waals surface area contributed by atoms with Gasteiger partial charge in [-0.2, -0.15) is 5.10 Å². The van der Waals surface area contributed by atoms with Crippen LogP contribution in [-0.2, 0) is 0 Å². The van der Waals surface area contributed by atoms with Crippen molar-refractivity contribution in [3.05, 3.63) is 18.0 Å². The summed E-state index contributed by atoms with van der Waals surface area (Å²) in [7, 11) is 0. The molecule has 0 aromatic carbocycles. The number of nitrogens with zero attached hydrogens (tertiary/aromatic N) is 1. The van der Waals surface area contributed by atoms with E-state index in [1.54, 1.807) is 0 Å². The highest BCUT2D eigenvalue weighted by atomic mass is 16.5. The van der Waals surface area contributed by atoms with E-state index in [0.717, 1.165) is 0 Å². The maximum atomic E-state index is 10.5. The summed E-state index contributed by atoms with van der Waals surface area (Å²) in [5.74, 6) is -0.566. The van der Waals surface area contributed by atoms with Crippen LogP contribution in [0.5, 0.6) is 0 Å². The Balaban J connectivity index is 2.77. The molecule has 1 aromatic rings. The first-order valence-electron chi connectivity index (χ1n) is 2.28. The quantitative estimate of drug-likeness (QED) is 0.352. The molecule has 0 aliphatic carbocycles. The van der Waals surface area contributed by atoms with Gasteiger partial charge in [-0.3, -0.25) is 15.1 Å². The van der Waals surface area contributed by atoms with Crippen molar-refractivity contribution in [1.82, 2.24) is 15.7 Å². The molecule has 0 saturated heterocycles. The third-order valence-corrected chi connectivity index (χ3v) is 0.862. The Labute approximate surface area is 50.7 Å². The molecule has 0 bridgehead atoms. The SMILES string of the molecule is O=C(NO)c1cn[nH]c1. The minimum Gasteiger partial charge on any atom is -0.288 e. The highest BCUT2D eigenvalue weighted by Gasteiger charge is 2.01. The topological polar surface area (TPSA) is 78.0 Å². The Bertz CT molecular complexity index is 194. The molecular formula is C4H5N3O2. The smallest absolute Gasteiger partial charge is 0.277 e. The second kappa shape index (κ2) is 2.27. The molecule has 0 atom stereocenters. The summed E-state index contributed by atoms with van der Waals surface area (Å²) in [5.41, 5.74) is 1.77. The minimum absolute atomic E-state index is 0.303. The summed E-state index contributed by atoms with van der Waals surface area (Å²) in [6, 6.07) is 0. The van der Waals surface area contributed by atoms with Crippen LogP contribution in [0.3, 0.4) is 0 Å². The number of H-pyrrole nitrogens is 1. The van der Waals surface area contributed by atoms with Gasteiger partial charge < -0.3 is 0 Å². The van der Waals surface area contributed by atoms with Crippen LogP contribution in [0.15, 0.2) is 12.4 Å². The maximum Gasteiger partial charge on any atom is 0.277 e. The molecule has 1 aromatic heterocycles. The van der Waals surface area contributed by atoms with Gasteiger partial charge in [0.1, 0.15) is 0 Å². The first-order chi connectivity index (χ1) is 4.34. The van der Waals surface area contributed by atoms with Gasteiger partial charge in [0, 0.05) is 6.20 Å². The molecule has 0 radical (unpaired) electrons. The van der Waals surface area contributed by atoms with Crippen LogP contribution in [0.2, 0.25) is 0 Å². The maximum absolute atomic E-state index is 10.5. The van der Waals surface area contributed by atoms with E-state index in [1.165, 1.54) is 17.9 Å². The number of amides is 1. The van der Waals surface area contributed by atoms with Gasteiger partial charge in [-0.15, -0.1) is 0 Å². The number of hydrogen-bond acceptors (Lipinski definition) is 3. The van der Waals surface area contributed by atoms with Crippen molar-refractivity contribution in [3.8, 4) is 0 Å². The van der Waals surface area contributed by atoms with Gasteiger partial charge in [0.2, 0.25) is 0 Å². The van der Waals surface area contributed by atoms with Crippen molar-refractivity contribution >= 4 is 5.91 Å². The molecule has 9 heavy (non-hydrogen) atoms. The van der Waals surface area contributed by atoms with Gasteiger partial charge in [0.25, 0.3) is 5.91 Å². The molecule has 5 heteroatoms. The monoisotopic (exact) mass is 127 g/mol. The summed E-state index contributed by atoms with van der Waals surface area (Å²) in [6.07, 6.45) is 2.69. The molecule has 0 spiro atoms. The van der Waals surface area contributed by atoms with Crippen molar-refractivity contribution in [2.24, 2.45) is 0 Å². The predicted molar refractivity (Wildman–Crippen MR) is 27.8 cm³/mol.